The quantitative estimate of drug-likeness (QED) is 0.640. The first-order valence-electron chi connectivity index (χ1n) is 4.98. The summed E-state index contributed by atoms with van der Waals surface area (Å²) < 4.78 is 0. The third-order valence-electron chi connectivity index (χ3n) is 2.67. The van der Waals surface area contributed by atoms with Gasteiger partial charge in [-0.1, -0.05) is 13.3 Å². The highest BCUT2D eigenvalue weighted by Gasteiger charge is 2.27. The van der Waals surface area contributed by atoms with Crippen LogP contribution in [0.1, 0.15) is 39.0 Å². The summed E-state index contributed by atoms with van der Waals surface area (Å²) in [7, 11) is 2.07. The van der Waals surface area contributed by atoms with E-state index in [1.165, 1.54) is 12.8 Å². The largest absolute Gasteiger partial charge is 0.298 e. The van der Waals surface area contributed by atoms with E-state index in [0.29, 0.717) is 5.78 Å². The molecule has 0 aromatic heterocycles. The number of Topliss-reactive ketones (excluding diaryl/α,β-unsaturated/α-hetero) is 1. The lowest BCUT2D eigenvalue weighted by Gasteiger charge is -2.22. The Labute approximate surface area is 74.9 Å². The van der Waals surface area contributed by atoms with Gasteiger partial charge in [-0.3, -0.25) is 9.69 Å². The molecular weight excluding hydrogens is 150 g/mol. The Morgan fingerprint density at radius 2 is 2.33 bits per heavy atom. The molecule has 0 aromatic carbocycles. The molecule has 2 heteroatoms. The average molecular weight is 169 g/mol. The summed E-state index contributed by atoms with van der Waals surface area (Å²) >= 11 is 0. The Hall–Kier alpha value is -0.370. The molecule has 1 fully saturated rings. The van der Waals surface area contributed by atoms with E-state index in [1.807, 2.05) is 0 Å². The fraction of sp³-hybridized carbons (Fsp3) is 0.900. The van der Waals surface area contributed by atoms with E-state index in [4.69, 9.17) is 0 Å². The molecular formula is C10H19NO. The molecule has 1 unspecified atom stereocenters. The van der Waals surface area contributed by atoms with Crippen LogP contribution in [0.15, 0.2) is 0 Å². The highest BCUT2D eigenvalue weighted by atomic mass is 16.1. The summed E-state index contributed by atoms with van der Waals surface area (Å²) in [6.45, 7) is 3.26. The standard InChI is InChI=1S/C10H19NO/c1-3-4-8-11(2)9-6-5-7-10(9)12/h9H,3-8H2,1-2H3. The number of hydrogen-bond acceptors (Lipinski definition) is 2. The van der Waals surface area contributed by atoms with E-state index in [9.17, 15) is 4.79 Å². The summed E-state index contributed by atoms with van der Waals surface area (Å²) in [4.78, 5) is 13.6. The number of carbonyl (C=O) groups excluding carboxylic acids is 1. The fourth-order valence-electron chi connectivity index (χ4n) is 1.83. The summed E-state index contributed by atoms with van der Waals surface area (Å²) in [5.74, 6) is 0.452. The van der Waals surface area contributed by atoms with Gasteiger partial charge in [0.15, 0.2) is 0 Å². The van der Waals surface area contributed by atoms with Crippen LogP contribution in [0.4, 0.5) is 0 Å². The minimum atomic E-state index is 0.247. The molecule has 1 aliphatic carbocycles. The molecule has 0 aromatic rings. The monoisotopic (exact) mass is 169 g/mol. The lowest BCUT2D eigenvalue weighted by Crippen LogP contribution is -2.35. The normalized spacial score (nSPS) is 23.9. The van der Waals surface area contributed by atoms with Crippen molar-refractivity contribution in [3.8, 4) is 0 Å². The molecule has 0 heterocycles. The molecule has 0 amide bonds. The smallest absolute Gasteiger partial charge is 0.149 e. The van der Waals surface area contributed by atoms with Crippen LogP contribution >= 0.6 is 0 Å². The zero-order valence-corrected chi connectivity index (χ0v) is 8.18. The molecule has 70 valence electrons. The lowest BCUT2D eigenvalue weighted by atomic mass is 10.2. The van der Waals surface area contributed by atoms with Gasteiger partial charge in [0.2, 0.25) is 0 Å². The first-order chi connectivity index (χ1) is 5.75. The highest BCUT2D eigenvalue weighted by Crippen LogP contribution is 2.19. The minimum Gasteiger partial charge on any atom is -0.298 e. The van der Waals surface area contributed by atoms with E-state index in [1.54, 1.807) is 0 Å². The van der Waals surface area contributed by atoms with Crippen LogP contribution in [0.2, 0.25) is 0 Å². The van der Waals surface area contributed by atoms with E-state index in [2.05, 4.69) is 18.9 Å². The van der Waals surface area contributed by atoms with Crippen LogP contribution in [-0.2, 0) is 4.79 Å². The van der Waals surface area contributed by atoms with Gasteiger partial charge in [-0.2, -0.15) is 0 Å². The molecule has 1 atom stereocenters. The third kappa shape index (κ3) is 2.31. The maximum absolute atomic E-state index is 11.3. The first kappa shape index (κ1) is 9.72. The third-order valence-corrected chi connectivity index (χ3v) is 2.67. The van der Waals surface area contributed by atoms with Crippen LogP contribution in [0, 0.1) is 0 Å². The Balaban J connectivity index is 2.30. The maximum Gasteiger partial charge on any atom is 0.149 e. The summed E-state index contributed by atoms with van der Waals surface area (Å²) in [6.07, 6.45) is 5.41. The van der Waals surface area contributed by atoms with Crippen molar-refractivity contribution in [2.45, 2.75) is 45.1 Å². The second-order valence-corrected chi connectivity index (χ2v) is 3.71. The van der Waals surface area contributed by atoms with Crippen molar-refractivity contribution >= 4 is 5.78 Å². The van der Waals surface area contributed by atoms with Crippen LogP contribution < -0.4 is 0 Å². The van der Waals surface area contributed by atoms with Gasteiger partial charge in [-0.15, -0.1) is 0 Å². The van der Waals surface area contributed by atoms with Gasteiger partial charge >= 0.3 is 0 Å². The molecule has 0 radical (unpaired) electrons. The molecule has 1 rings (SSSR count). The van der Waals surface area contributed by atoms with Gasteiger partial charge in [0.1, 0.15) is 5.78 Å². The number of hydrogen-bond donors (Lipinski definition) is 0. The molecule has 0 aliphatic heterocycles. The van der Waals surface area contributed by atoms with Crippen molar-refractivity contribution < 1.29 is 4.79 Å². The van der Waals surface area contributed by atoms with Crippen LogP contribution in [0.3, 0.4) is 0 Å². The van der Waals surface area contributed by atoms with Gasteiger partial charge in [0.05, 0.1) is 6.04 Å². The fourth-order valence-corrected chi connectivity index (χ4v) is 1.83. The van der Waals surface area contributed by atoms with Gasteiger partial charge in [0, 0.05) is 6.42 Å². The predicted molar refractivity (Wildman–Crippen MR) is 50.2 cm³/mol. The van der Waals surface area contributed by atoms with Gasteiger partial charge in [0.25, 0.3) is 0 Å². The van der Waals surface area contributed by atoms with E-state index in [-0.39, 0.29) is 6.04 Å². The van der Waals surface area contributed by atoms with E-state index < -0.39 is 0 Å². The molecule has 1 saturated carbocycles. The number of nitrogens with zero attached hydrogens (tertiary/aromatic N) is 1. The summed E-state index contributed by atoms with van der Waals surface area (Å²) in [6, 6.07) is 0.247. The van der Waals surface area contributed by atoms with Crippen molar-refractivity contribution in [3.05, 3.63) is 0 Å². The molecule has 0 N–H and O–H groups in total. The molecule has 12 heavy (non-hydrogen) atoms. The topological polar surface area (TPSA) is 20.3 Å². The van der Waals surface area contributed by atoms with Crippen LogP contribution in [0.25, 0.3) is 0 Å². The van der Waals surface area contributed by atoms with Crippen molar-refractivity contribution in [1.82, 2.24) is 4.90 Å². The summed E-state index contributed by atoms with van der Waals surface area (Å²) in [5.41, 5.74) is 0. The minimum absolute atomic E-state index is 0.247. The summed E-state index contributed by atoms with van der Waals surface area (Å²) in [5, 5.41) is 0. The Bertz CT molecular complexity index is 156. The van der Waals surface area contributed by atoms with E-state index >= 15 is 0 Å². The Kier molecular flexibility index (Phi) is 3.73. The second kappa shape index (κ2) is 4.61. The molecule has 0 bridgehead atoms. The number of ketones is 1. The van der Waals surface area contributed by atoms with Crippen molar-refractivity contribution in [2.24, 2.45) is 0 Å². The highest BCUT2D eigenvalue weighted by molar-refractivity contribution is 5.85. The van der Waals surface area contributed by atoms with Crippen LogP contribution in [0.5, 0.6) is 0 Å². The molecule has 0 saturated heterocycles. The number of likely N-dealkylation sites (N-methyl/N-ethyl adjacent to an activating group) is 1. The number of rotatable bonds is 4. The molecule has 1 aliphatic rings. The van der Waals surface area contributed by atoms with Crippen LogP contribution in [-0.4, -0.2) is 30.3 Å². The predicted octanol–water partition coefficient (Wildman–Crippen LogP) is 1.84. The maximum atomic E-state index is 11.3. The number of carbonyl (C=O) groups is 1. The van der Waals surface area contributed by atoms with Crippen molar-refractivity contribution in [1.29, 1.82) is 0 Å². The molecule has 2 nitrogen and oxygen atoms in total. The average Bonchev–Trinajstić information content (AvgIpc) is 2.47. The zero-order chi connectivity index (χ0) is 8.97. The van der Waals surface area contributed by atoms with Gasteiger partial charge in [-0.05, 0) is 32.9 Å². The number of unbranched alkanes of at least 4 members (excludes halogenated alkanes) is 1. The lowest BCUT2D eigenvalue weighted by molar-refractivity contribution is -0.121. The van der Waals surface area contributed by atoms with E-state index in [0.717, 1.165) is 25.8 Å². The Morgan fingerprint density at radius 1 is 1.58 bits per heavy atom. The first-order valence-corrected chi connectivity index (χ1v) is 4.98. The van der Waals surface area contributed by atoms with Gasteiger partial charge < -0.3 is 0 Å². The van der Waals surface area contributed by atoms with Crippen molar-refractivity contribution in [3.63, 3.8) is 0 Å². The molecule has 0 spiro atoms. The van der Waals surface area contributed by atoms with Crippen molar-refractivity contribution in [2.75, 3.05) is 13.6 Å². The Morgan fingerprint density at radius 3 is 2.83 bits per heavy atom. The zero-order valence-electron chi connectivity index (χ0n) is 8.18. The SMILES string of the molecule is CCCCN(C)C1CCCC1=O. The second-order valence-electron chi connectivity index (χ2n) is 3.71. The van der Waals surface area contributed by atoms with Gasteiger partial charge in [-0.25, -0.2) is 0 Å².